The summed E-state index contributed by atoms with van der Waals surface area (Å²) in [5, 5.41) is 5.47. The fourth-order valence-electron chi connectivity index (χ4n) is 2.68. The van der Waals surface area contributed by atoms with Gasteiger partial charge in [-0.2, -0.15) is 0 Å². The molecule has 0 fully saturated rings. The number of hydrogen-bond acceptors (Lipinski definition) is 5. The zero-order valence-corrected chi connectivity index (χ0v) is 16.5. The van der Waals surface area contributed by atoms with Crippen LogP contribution in [0.4, 0.5) is 5.82 Å². The molecule has 0 saturated heterocycles. The highest BCUT2D eigenvalue weighted by Crippen LogP contribution is 2.14. The molecule has 0 atom stereocenters. The van der Waals surface area contributed by atoms with Gasteiger partial charge in [-0.1, -0.05) is 36.4 Å². The van der Waals surface area contributed by atoms with Crippen molar-refractivity contribution in [1.29, 1.82) is 0 Å². The number of ether oxygens (including phenoxy) is 1. The molecular formula is C23H22N4O3. The van der Waals surface area contributed by atoms with Gasteiger partial charge in [0.25, 0.3) is 11.8 Å². The minimum atomic E-state index is -0.446. The molecule has 1 heterocycles. The largest absolute Gasteiger partial charge is 0.497 e. The standard InChI is InChI=1S/C23H22N4O3/c1-30-19-11-9-16(10-12-19)14-20(27-22(28)17-6-3-2-4-7-17)23(29)26-15-18-8-5-13-25-21(18)24/h2-14H,15H2,1H3,(H2,24,25)(H,26,29)(H,27,28)/b20-14-. The van der Waals surface area contributed by atoms with Crippen molar-refractivity contribution in [1.82, 2.24) is 15.6 Å². The second kappa shape index (κ2) is 9.88. The fraction of sp³-hybridized carbons (Fsp3) is 0.0870. The number of amides is 2. The van der Waals surface area contributed by atoms with Crippen molar-refractivity contribution in [2.45, 2.75) is 6.54 Å². The topological polar surface area (TPSA) is 106 Å². The maximum atomic E-state index is 12.8. The molecule has 0 saturated carbocycles. The summed E-state index contributed by atoms with van der Waals surface area (Å²) in [4.78, 5) is 29.4. The van der Waals surface area contributed by atoms with Gasteiger partial charge in [0.05, 0.1) is 7.11 Å². The van der Waals surface area contributed by atoms with Crippen LogP contribution in [0.5, 0.6) is 5.75 Å². The first-order valence-corrected chi connectivity index (χ1v) is 9.26. The number of nitrogens with two attached hydrogens (primary N) is 1. The Morgan fingerprint density at radius 1 is 1.03 bits per heavy atom. The SMILES string of the molecule is COc1ccc(/C=C(\NC(=O)c2ccccc2)C(=O)NCc2cccnc2N)cc1. The molecule has 0 bridgehead atoms. The summed E-state index contributed by atoms with van der Waals surface area (Å²) in [6.07, 6.45) is 3.18. The first-order chi connectivity index (χ1) is 14.6. The van der Waals surface area contributed by atoms with E-state index in [1.165, 1.54) is 0 Å². The van der Waals surface area contributed by atoms with E-state index >= 15 is 0 Å². The first kappa shape index (κ1) is 20.6. The van der Waals surface area contributed by atoms with Gasteiger partial charge in [-0.05, 0) is 42.0 Å². The summed E-state index contributed by atoms with van der Waals surface area (Å²) in [6, 6.07) is 19.3. The number of methoxy groups -OCH3 is 1. The predicted molar refractivity (Wildman–Crippen MR) is 115 cm³/mol. The second-order valence-electron chi connectivity index (χ2n) is 6.38. The number of pyridine rings is 1. The zero-order valence-electron chi connectivity index (χ0n) is 16.5. The quantitative estimate of drug-likeness (QED) is 0.527. The third-order valence-electron chi connectivity index (χ3n) is 4.32. The van der Waals surface area contributed by atoms with E-state index in [9.17, 15) is 9.59 Å². The molecule has 0 aliphatic rings. The van der Waals surface area contributed by atoms with Crippen molar-refractivity contribution in [2.24, 2.45) is 0 Å². The Kier molecular flexibility index (Phi) is 6.78. The average Bonchev–Trinajstić information content (AvgIpc) is 2.79. The monoisotopic (exact) mass is 402 g/mol. The van der Waals surface area contributed by atoms with Crippen molar-refractivity contribution < 1.29 is 14.3 Å². The molecule has 30 heavy (non-hydrogen) atoms. The molecule has 7 heteroatoms. The van der Waals surface area contributed by atoms with Crippen molar-refractivity contribution in [3.8, 4) is 5.75 Å². The summed E-state index contributed by atoms with van der Waals surface area (Å²) in [7, 11) is 1.58. The number of rotatable bonds is 7. The lowest BCUT2D eigenvalue weighted by Crippen LogP contribution is -2.34. The van der Waals surface area contributed by atoms with E-state index in [0.29, 0.717) is 22.7 Å². The van der Waals surface area contributed by atoms with Gasteiger partial charge in [-0.3, -0.25) is 9.59 Å². The minimum absolute atomic E-state index is 0.108. The maximum absolute atomic E-state index is 12.8. The predicted octanol–water partition coefficient (Wildman–Crippen LogP) is 2.76. The summed E-state index contributed by atoms with van der Waals surface area (Å²) < 4.78 is 5.16. The molecule has 4 N–H and O–H groups in total. The highest BCUT2D eigenvalue weighted by molar-refractivity contribution is 6.05. The summed E-state index contributed by atoms with van der Waals surface area (Å²) in [6.45, 7) is 0.180. The van der Waals surface area contributed by atoms with Crippen LogP contribution in [0.15, 0.2) is 78.6 Å². The van der Waals surface area contributed by atoms with E-state index in [1.54, 1.807) is 80.0 Å². The Morgan fingerprint density at radius 2 is 1.77 bits per heavy atom. The lowest BCUT2D eigenvalue weighted by Gasteiger charge is -2.12. The molecule has 2 amide bonds. The Morgan fingerprint density at radius 3 is 2.43 bits per heavy atom. The molecule has 2 aromatic carbocycles. The van der Waals surface area contributed by atoms with Gasteiger partial charge in [0.2, 0.25) is 0 Å². The number of nitrogens with zero attached hydrogens (tertiary/aromatic N) is 1. The van der Waals surface area contributed by atoms with Crippen LogP contribution in [0.2, 0.25) is 0 Å². The van der Waals surface area contributed by atoms with Gasteiger partial charge in [0.15, 0.2) is 0 Å². The molecule has 1 aromatic heterocycles. The zero-order chi connectivity index (χ0) is 21.3. The van der Waals surface area contributed by atoms with Crippen LogP contribution in [0.25, 0.3) is 6.08 Å². The van der Waals surface area contributed by atoms with E-state index in [0.717, 1.165) is 5.56 Å². The van der Waals surface area contributed by atoms with E-state index in [2.05, 4.69) is 15.6 Å². The third-order valence-corrected chi connectivity index (χ3v) is 4.32. The molecule has 0 spiro atoms. The molecule has 3 rings (SSSR count). The molecule has 0 radical (unpaired) electrons. The third kappa shape index (κ3) is 5.45. The first-order valence-electron chi connectivity index (χ1n) is 9.26. The van der Waals surface area contributed by atoms with Gasteiger partial charge >= 0.3 is 0 Å². The van der Waals surface area contributed by atoms with E-state index < -0.39 is 5.91 Å². The number of hydrogen-bond donors (Lipinski definition) is 3. The number of nitrogen functional groups attached to an aromatic ring is 1. The highest BCUT2D eigenvalue weighted by atomic mass is 16.5. The van der Waals surface area contributed by atoms with Gasteiger partial charge in [-0.15, -0.1) is 0 Å². The van der Waals surface area contributed by atoms with E-state index in [-0.39, 0.29) is 18.1 Å². The van der Waals surface area contributed by atoms with Crippen molar-refractivity contribution in [3.05, 3.63) is 95.3 Å². The van der Waals surface area contributed by atoms with Crippen LogP contribution in [0, 0.1) is 0 Å². The molecule has 7 nitrogen and oxygen atoms in total. The summed E-state index contributed by atoms with van der Waals surface area (Å²) >= 11 is 0. The van der Waals surface area contributed by atoms with Crippen LogP contribution in [0.1, 0.15) is 21.5 Å². The number of anilines is 1. The van der Waals surface area contributed by atoms with Crippen molar-refractivity contribution in [2.75, 3.05) is 12.8 Å². The smallest absolute Gasteiger partial charge is 0.268 e. The lowest BCUT2D eigenvalue weighted by molar-refractivity contribution is -0.117. The van der Waals surface area contributed by atoms with Crippen molar-refractivity contribution >= 4 is 23.7 Å². The Labute approximate surface area is 174 Å². The fourth-order valence-corrected chi connectivity index (χ4v) is 2.68. The summed E-state index contributed by atoms with van der Waals surface area (Å²) in [5.41, 5.74) is 7.80. The molecule has 0 unspecified atom stereocenters. The Hall–Kier alpha value is -4.13. The van der Waals surface area contributed by atoms with E-state index in [1.807, 2.05) is 6.07 Å². The van der Waals surface area contributed by atoms with Gasteiger partial charge in [0, 0.05) is 23.9 Å². The Balaban J connectivity index is 1.82. The molecule has 3 aromatic rings. The van der Waals surface area contributed by atoms with Crippen LogP contribution in [-0.4, -0.2) is 23.9 Å². The normalized spacial score (nSPS) is 10.9. The number of aromatic nitrogens is 1. The maximum Gasteiger partial charge on any atom is 0.268 e. The number of benzene rings is 2. The average molecular weight is 402 g/mol. The Bertz CT molecular complexity index is 1050. The van der Waals surface area contributed by atoms with Crippen LogP contribution >= 0.6 is 0 Å². The minimum Gasteiger partial charge on any atom is -0.497 e. The van der Waals surface area contributed by atoms with Crippen LogP contribution < -0.4 is 21.1 Å². The number of carbonyl (C=O) groups is 2. The van der Waals surface area contributed by atoms with Gasteiger partial charge < -0.3 is 21.1 Å². The molecular weight excluding hydrogens is 380 g/mol. The number of nitrogens with one attached hydrogen (secondary N) is 2. The van der Waals surface area contributed by atoms with E-state index in [4.69, 9.17) is 10.5 Å². The lowest BCUT2D eigenvalue weighted by atomic mass is 10.1. The summed E-state index contributed by atoms with van der Waals surface area (Å²) in [5.74, 6) is 0.204. The molecule has 152 valence electrons. The van der Waals surface area contributed by atoms with Crippen molar-refractivity contribution in [3.63, 3.8) is 0 Å². The van der Waals surface area contributed by atoms with Gasteiger partial charge in [0.1, 0.15) is 17.3 Å². The van der Waals surface area contributed by atoms with Crippen LogP contribution in [0.3, 0.4) is 0 Å². The second-order valence-corrected chi connectivity index (χ2v) is 6.38. The highest BCUT2D eigenvalue weighted by Gasteiger charge is 2.15. The van der Waals surface area contributed by atoms with Gasteiger partial charge in [-0.25, -0.2) is 4.98 Å². The number of carbonyl (C=O) groups excluding carboxylic acids is 2. The van der Waals surface area contributed by atoms with Crippen LogP contribution in [-0.2, 0) is 11.3 Å². The molecule has 0 aliphatic heterocycles. The molecule has 0 aliphatic carbocycles.